The molecule has 8 radical (unpaired) electrons. The molecule has 0 aliphatic heterocycles. The molecule has 6 nitrogen and oxygen atoms in total. The molecule has 1 heterocycles. The second-order valence-electron chi connectivity index (χ2n) is 9.34. The number of nitrogens with two attached hydrogens (primary N) is 1. The summed E-state index contributed by atoms with van der Waals surface area (Å²) >= 11 is 0. The van der Waals surface area contributed by atoms with E-state index in [4.69, 9.17) is 41.9 Å². The number of esters is 1. The Balaban J connectivity index is 1.53. The second-order valence-corrected chi connectivity index (χ2v) is 9.34. The summed E-state index contributed by atoms with van der Waals surface area (Å²) in [6, 6.07) is 18.6. The molecule has 3 aromatic carbocycles. The smallest absolute Gasteiger partial charge is 0.337 e. The van der Waals surface area contributed by atoms with Crippen LogP contribution >= 0.6 is 0 Å². The molecular weight excluding hydrogens is 470 g/mol. The van der Waals surface area contributed by atoms with Crippen molar-refractivity contribution in [3.63, 3.8) is 0 Å². The molecule has 0 saturated heterocycles. The van der Waals surface area contributed by atoms with Crippen LogP contribution in [0.15, 0.2) is 72.9 Å². The maximum atomic E-state index is 13.2. The Morgan fingerprint density at radius 2 is 1.63 bits per heavy atom. The average molecular weight is 493 g/mol. The van der Waals surface area contributed by atoms with Crippen LogP contribution < -0.4 is 16.6 Å². The van der Waals surface area contributed by atoms with Crippen molar-refractivity contribution in [2.75, 3.05) is 11.9 Å². The third kappa shape index (κ3) is 5.41. The van der Waals surface area contributed by atoms with Crippen LogP contribution in [0.25, 0.3) is 10.8 Å². The van der Waals surface area contributed by atoms with Gasteiger partial charge in [0.05, 0.1) is 18.8 Å². The Labute approximate surface area is 227 Å². The Morgan fingerprint density at radius 3 is 2.29 bits per heavy atom. The molecule has 38 heavy (non-hydrogen) atoms. The van der Waals surface area contributed by atoms with Crippen molar-refractivity contribution in [2.24, 2.45) is 5.73 Å². The highest BCUT2D eigenvalue weighted by Gasteiger charge is 2.34. The Kier molecular flexibility index (Phi) is 7.56. The third-order valence-corrected chi connectivity index (χ3v) is 6.49. The van der Waals surface area contributed by atoms with Crippen LogP contribution in [0.5, 0.6) is 0 Å². The Bertz CT molecular complexity index is 1530. The number of nitrogens with one attached hydrogen (secondary N) is 1. The van der Waals surface area contributed by atoms with E-state index in [1.54, 1.807) is 73.8 Å². The first-order chi connectivity index (χ1) is 17.9. The van der Waals surface area contributed by atoms with Gasteiger partial charge in [-0.3, -0.25) is 9.78 Å². The van der Waals surface area contributed by atoms with Crippen molar-refractivity contribution in [1.82, 2.24) is 4.98 Å². The number of anilines is 1. The number of rotatable bonds is 7. The van der Waals surface area contributed by atoms with Gasteiger partial charge in [0, 0.05) is 23.7 Å². The molecule has 4 rings (SSSR count). The standard InChI is InChI=1S/C28H23B4N3O3/c1-16-3-9-22(17(2)13-16)25(36)38-28(31,32)20-6-4-19(5-7-20)27(30,15-33)26(37)35-21-8-10-23-18(14-21)11-12-34-24(23)29/h3-14H,15,33H2,1-2H3,(H,35,37). The number of amides is 1. The molecule has 0 saturated carbocycles. The zero-order valence-corrected chi connectivity index (χ0v) is 21.2. The van der Waals surface area contributed by atoms with Crippen molar-refractivity contribution in [3.05, 3.63) is 101 Å². The fourth-order valence-electron chi connectivity index (χ4n) is 4.20. The van der Waals surface area contributed by atoms with Crippen molar-refractivity contribution < 1.29 is 14.3 Å². The van der Waals surface area contributed by atoms with Crippen molar-refractivity contribution in [1.29, 1.82) is 0 Å². The van der Waals surface area contributed by atoms with E-state index in [0.29, 0.717) is 28.0 Å². The van der Waals surface area contributed by atoms with Crippen LogP contribution in [-0.4, -0.2) is 54.8 Å². The fraction of sp³-hybridized carbons (Fsp3) is 0.179. The minimum Gasteiger partial charge on any atom is -0.471 e. The topological polar surface area (TPSA) is 94.3 Å². The highest BCUT2D eigenvalue weighted by molar-refractivity contribution is 6.39. The minimum absolute atomic E-state index is 0.180. The first kappa shape index (κ1) is 27.3. The van der Waals surface area contributed by atoms with Gasteiger partial charge in [-0.25, -0.2) is 4.79 Å². The van der Waals surface area contributed by atoms with E-state index in [1.807, 2.05) is 13.0 Å². The number of pyridine rings is 1. The summed E-state index contributed by atoms with van der Waals surface area (Å²) in [6.07, 6.45) is 1.59. The first-order valence-electron chi connectivity index (χ1n) is 11.9. The van der Waals surface area contributed by atoms with Gasteiger partial charge in [0.15, 0.2) is 0 Å². The molecule has 3 N–H and O–H groups in total. The van der Waals surface area contributed by atoms with Crippen LogP contribution in [0.3, 0.4) is 0 Å². The van der Waals surface area contributed by atoms with Gasteiger partial charge in [-0.2, -0.15) is 0 Å². The summed E-state index contributed by atoms with van der Waals surface area (Å²) in [7, 11) is 24.7. The van der Waals surface area contributed by atoms with Crippen molar-refractivity contribution in [3.8, 4) is 0 Å². The van der Waals surface area contributed by atoms with E-state index in [0.717, 1.165) is 21.9 Å². The molecule has 1 aromatic heterocycles. The molecule has 0 aliphatic rings. The van der Waals surface area contributed by atoms with Gasteiger partial charge < -0.3 is 15.8 Å². The Morgan fingerprint density at radius 1 is 0.947 bits per heavy atom. The van der Waals surface area contributed by atoms with Gasteiger partial charge in [0.1, 0.15) is 23.5 Å². The van der Waals surface area contributed by atoms with Gasteiger partial charge in [-0.1, -0.05) is 48.0 Å². The van der Waals surface area contributed by atoms with Crippen LogP contribution in [0.1, 0.15) is 32.6 Å². The second kappa shape index (κ2) is 10.5. The summed E-state index contributed by atoms with van der Waals surface area (Å²) in [4.78, 5) is 30.0. The molecule has 0 spiro atoms. The lowest BCUT2D eigenvalue weighted by Crippen LogP contribution is -2.47. The van der Waals surface area contributed by atoms with Crippen LogP contribution in [0.4, 0.5) is 5.69 Å². The molecule has 180 valence electrons. The maximum absolute atomic E-state index is 13.2. The zero-order valence-electron chi connectivity index (χ0n) is 21.2. The monoisotopic (exact) mass is 493 g/mol. The largest absolute Gasteiger partial charge is 0.471 e. The van der Waals surface area contributed by atoms with E-state index < -0.39 is 22.6 Å². The van der Waals surface area contributed by atoms with E-state index in [1.165, 1.54) is 0 Å². The number of nitrogens with zero attached hydrogens (tertiary/aromatic N) is 1. The predicted molar refractivity (Wildman–Crippen MR) is 153 cm³/mol. The molecule has 10 heteroatoms. The number of aromatic nitrogens is 1. The summed E-state index contributed by atoms with van der Waals surface area (Å²) < 4.78 is 5.42. The molecular formula is C28H23B4N3O3. The lowest BCUT2D eigenvalue weighted by atomic mass is 9.59. The maximum Gasteiger partial charge on any atom is 0.337 e. The number of aryl methyl sites for hydroxylation is 2. The number of benzene rings is 3. The number of hydrogen-bond acceptors (Lipinski definition) is 5. The molecule has 0 fully saturated rings. The van der Waals surface area contributed by atoms with Gasteiger partial charge in [-0.05, 0) is 71.2 Å². The number of hydrogen-bond donors (Lipinski definition) is 2. The number of ether oxygens (including phenoxy) is 1. The van der Waals surface area contributed by atoms with Gasteiger partial charge in [-0.15, -0.1) is 0 Å². The summed E-state index contributed by atoms with van der Waals surface area (Å²) in [5, 5.41) is 0.916. The molecule has 4 aromatic rings. The van der Waals surface area contributed by atoms with E-state index in [-0.39, 0.29) is 6.54 Å². The van der Waals surface area contributed by atoms with Gasteiger partial charge >= 0.3 is 5.97 Å². The highest BCUT2D eigenvalue weighted by Crippen LogP contribution is 2.27. The van der Waals surface area contributed by atoms with Gasteiger partial charge in [0.2, 0.25) is 5.91 Å². The van der Waals surface area contributed by atoms with Gasteiger partial charge in [0.25, 0.3) is 0 Å². The third-order valence-electron chi connectivity index (χ3n) is 6.49. The van der Waals surface area contributed by atoms with Crippen molar-refractivity contribution >= 4 is 65.3 Å². The average Bonchev–Trinajstić information content (AvgIpc) is 2.88. The zero-order chi connectivity index (χ0) is 27.7. The summed E-state index contributed by atoms with van der Waals surface area (Å²) in [5.74, 6) is -1.17. The first-order valence-corrected chi connectivity index (χ1v) is 11.9. The highest BCUT2D eigenvalue weighted by atomic mass is 16.5. The molecule has 0 aliphatic carbocycles. The quantitative estimate of drug-likeness (QED) is 0.304. The molecule has 1 atom stereocenters. The van der Waals surface area contributed by atoms with Crippen LogP contribution in [0, 0.1) is 13.8 Å². The summed E-state index contributed by atoms with van der Waals surface area (Å²) in [5.41, 5.74) is 9.72. The lowest BCUT2D eigenvalue weighted by Gasteiger charge is -2.31. The van der Waals surface area contributed by atoms with E-state index in [2.05, 4.69) is 10.3 Å². The van der Waals surface area contributed by atoms with Crippen molar-refractivity contribution in [2.45, 2.75) is 24.6 Å². The number of fused-ring (bicyclic) bond motifs is 1. The molecule has 0 bridgehead atoms. The predicted octanol–water partition coefficient (Wildman–Crippen LogP) is 1.91. The molecule has 1 amide bonds. The van der Waals surface area contributed by atoms with E-state index >= 15 is 0 Å². The fourth-order valence-corrected chi connectivity index (χ4v) is 4.20. The lowest BCUT2D eigenvalue weighted by molar-refractivity contribution is -0.118. The van der Waals surface area contributed by atoms with Crippen LogP contribution in [-0.2, 0) is 20.2 Å². The normalized spacial score (nSPS) is 13.0. The van der Waals surface area contributed by atoms with Crippen LogP contribution in [0.2, 0.25) is 0 Å². The molecule has 1 unspecified atom stereocenters. The summed E-state index contributed by atoms with van der Waals surface area (Å²) in [6.45, 7) is 3.55. The SMILES string of the molecule is [B]c1nccc2cc(NC(=O)C([B])(CN)c3ccc(C([B])([B])OC(=O)c4ccc(C)cc4C)cc3)ccc12. The number of carbonyl (C=O) groups excluding carboxylic acids is 2. The van der Waals surface area contributed by atoms with E-state index in [9.17, 15) is 9.59 Å². The Hall–Kier alpha value is -3.77. The minimum atomic E-state index is -1.92. The number of carbonyl (C=O) groups is 2.